The van der Waals surface area contributed by atoms with Crippen molar-refractivity contribution in [3.05, 3.63) is 0 Å². The fraction of sp³-hybridized carbons (Fsp3) is 0.889. The maximum Gasteiger partial charge on any atom is 1.00 e. The number of carboxylic acid groups (broad SMARTS) is 1. The van der Waals surface area contributed by atoms with Crippen molar-refractivity contribution < 1.29 is 28.8 Å². The van der Waals surface area contributed by atoms with Gasteiger partial charge in [-0.3, -0.25) is 0 Å². The predicted molar refractivity (Wildman–Crippen MR) is 43.0 cm³/mol. The van der Waals surface area contributed by atoms with Crippen molar-refractivity contribution in [1.29, 1.82) is 0 Å². The molecule has 0 aliphatic carbocycles. The van der Waals surface area contributed by atoms with Crippen molar-refractivity contribution >= 4 is 5.97 Å². The van der Waals surface area contributed by atoms with Crippen LogP contribution in [0.5, 0.6) is 0 Å². The van der Waals surface area contributed by atoms with Crippen LogP contribution < -0.4 is 24.0 Å². The SMILES string of the molecule is CCCCCCCCC(=O)[O-].[Li+]. The van der Waals surface area contributed by atoms with Crippen LogP contribution in [0, 0.1) is 0 Å². The van der Waals surface area contributed by atoms with Crippen molar-refractivity contribution in [2.45, 2.75) is 51.9 Å². The monoisotopic (exact) mass is 164 g/mol. The topological polar surface area (TPSA) is 40.1 Å². The maximum atomic E-state index is 9.98. The Morgan fingerprint density at radius 3 is 2.08 bits per heavy atom. The minimum atomic E-state index is -0.916. The summed E-state index contributed by atoms with van der Waals surface area (Å²) in [4.78, 5) is 9.98. The summed E-state index contributed by atoms with van der Waals surface area (Å²) in [5.41, 5.74) is 0. The summed E-state index contributed by atoms with van der Waals surface area (Å²) >= 11 is 0. The molecule has 0 saturated carbocycles. The van der Waals surface area contributed by atoms with Crippen LogP contribution in [0.25, 0.3) is 0 Å². The summed E-state index contributed by atoms with van der Waals surface area (Å²) in [5.74, 6) is -0.916. The van der Waals surface area contributed by atoms with E-state index in [2.05, 4.69) is 6.92 Å². The quantitative estimate of drug-likeness (QED) is 0.339. The zero-order chi connectivity index (χ0) is 8.53. The Morgan fingerprint density at radius 1 is 1.08 bits per heavy atom. The molecule has 0 aliphatic rings. The van der Waals surface area contributed by atoms with Crippen LogP contribution in [-0.2, 0) is 4.79 Å². The Kier molecular flexibility index (Phi) is 13.5. The van der Waals surface area contributed by atoms with E-state index < -0.39 is 5.97 Å². The van der Waals surface area contributed by atoms with Crippen LogP contribution in [-0.4, -0.2) is 5.97 Å². The smallest absolute Gasteiger partial charge is 0.550 e. The Bertz CT molecular complexity index is 105. The van der Waals surface area contributed by atoms with E-state index >= 15 is 0 Å². The Labute approximate surface area is 86.9 Å². The van der Waals surface area contributed by atoms with E-state index in [0.29, 0.717) is 0 Å². The molecular weight excluding hydrogens is 147 g/mol. The van der Waals surface area contributed by atoms with Crippen LogP contribution in [0.3, 0.4) is 0 Å². The van der Waals surface area contributed by atoms with E-state index in [-0.39, 0.29) is 25.3 Å². The van der Waals surface area contributed by atoms with Gasteiger partial charge >= 0.3 is 18.9 Å². The molecule has 0 rings (SSSR count). The number of carbonyl (C=O) groups is 1. The summed E-state index contributed by atoms with van der Waals surface area (Å²) in [7, 11) is 0. The first-order valence-corrected chi connectivity index (χ1v) is 4.47. The van der Waals surface area contributed by atoms with Gasteiger partial charge in [-0.05, 0) is 12.8 Å². The molecule has 0 aromatic rings. The van der Waals surface area contributed by atoms with Crippen LogP contribution >= 0.6 is 0 Å². The van der Waals surface area contributed by atoms with Crippen molar-refractivity contribution in [3.8, 4) is 0 Å². The van der Waals surface area contributed by atoms with Gasteiger partial charge in [0.2, 0.25) is 0 Å². The average molecular weight is 164 g/mol. The van der Waals surface area contributed by atoms with E-state index in [0.717, 1.165) is 12.8 Å². The number of rotatable bonds is 7. The van der Waals surface area contributed by atoms with Crippen molar-refractivity contribution in [2.24, 2.45) is 0 Å². The van der Waals surface area contributed by atoms with Crippen LogP contribution in [0.1, 0.15) is 51.9 Å². The van der Waals surface area contributed by atoms with E-state index in [1.54, 1.807) is 0 Å². The minimum Gasteiger partial charge on any atom is -0.550 e. The van der Waals surface area contributed by atoms with E-state index in [1.807, 2.05) is 0 Å². The molecule has 0 saturated heterocycles. The Hall–Kier alpha value is 0.0674. The number of unbranched alkanes of at least 4 members (excludes halogenated alkanes) is 5. The molecule has 0 amide bonds. The molecule has 12 heavy (non-hydrogen) atoms. The van der Waals surface area contributed by atoms with Gasteiger partial charge < -0.3 is 9.90 Å². The fourth-order valence-electron chi connectivity index (χ4n) is 1.05. The number of carboxylic acids is 1. The zero-order valence-electron chi connectivity index (χ0n) is 8.27. The van der Waals surface area contributed by atoms with Gasteiger partial charge in [0.25, 0.3) is 0 Å². The van der Waals surface area contributed by atoms with Crippen molar-refractivity contribution in [3.63, 3.8) is 0 Å². The normalized spacial score (nSPS) is 9.08. The second-order valence-corrected chi connectivity index (χ2v) is 2.89. The van der Waals surface area contributed by atoms with Crippen LogP contribution in [0.4, 0.5) is 0 Å². The zero-order valence-corrected chi connectivity index (χ0v) is 8.27. The number of hydrogen-bond donors (Lipinski definition) is 0. The first-order chi connectivity index (χ1) is 5.27. The molecule has 2 nitrogen and oxygen atoms in total. The van der Waals surface area contributed by atoms with Crippen molar-refractivity contribution in [1.82, 2.24) is 0 Å². The van der Waals surface area contributed by atoms with Gasteiger partial charge in [-0.2, -0.15) is 0 Å². The Balaban J connectivity index is 0. The van der Waals surface area contributed by atoms with Gasteiger partial charge in [-0.15, -0.1) is 0 Å². The van der Waals surface area contributed by atoms with Gasteiger partial charge in [0.15, 0.2) is 0 Å². The molecular formula is C9H17LiO2. The number of hydrogen-bond acceptors (Lipinski definition) is 2. The average Bonchev–Trinajstić information content (AvgIpc) is 1.96. The molecule has 0 aromatic carbocycles. The van der Waals surface area contributed by atoms with Gasteiger partial charge in [-0.1, -0.05) is 39.0 Å². The van der Waals surface area contributed by atoms with Gasteiger partial charge in [0.05, 0.1) is 0 Å². The third kappa shape index (κ3) is 12.7. The second kappa shape index (κ2) is 11.1. The van der Waals surface area contributed by atoms with E-state index in [9.17, 15) is 9.90 Å². The molecule has 0 atom stereocenters. The van der Waals surface area contributed by atoms with E-state index in [1.165, 1.54) is 25.7 Å². The maximum absolute atomic E-state index is 9.98. The molecule has 0 bridgehead atoms. The predicted octanol–water partition coefficient (Wildman–Crippen LogP) is -1.51. The molecule has 0 fully saturated rings. The summed E-state index contributed by atoms with van der Waals surface area (Å²) in [6, 6.07) is 0. The van der Waals surface area contributed by atoms with Gasteiger partial charge in [-0.25, -0.2) is 0 Å². The summed E-state index contributed by atoms with van der Waals surface area (Å²) in [6.07, 6.45) is 6.96. The largest absolute Gasteiger partial charge is 1.00 e. The molecule has 0 radical (unpaired) electrons. The van der Waals surface area contributed by atoms with Crippen LogP contribution in [0.2, 0.25) is 0 Å². The summed E-state index contributed by atoms with van der Waals surface area (Å²) < 4.78 is 0. The summed E-state index contributed by atoms with van der Waals surface area (Å²) in [6.45, 7) is 2.17. The molecule has 0 aliphatic heterocycles. The first-order valence-electron chi connectivity index (χ1n) is 4.47. The third-order valence-electron chi connectivity index (χ3n) is 1.73. The third-order valence-corrected chi connectivity index (χ3v) is 1.73. The number of carbonyl (C=O) groups excluding carboxylic acids is 1. The fourth-order valence-corrected chi connectivity index (χ4v) is 1.05. The molecule has 0 N–H and O–H groups in total. The second-order valence-electron chi connectivity index (χ2n) is 2.89. The molecule has 66 valence electrons. The summed E-state index contributed by atoms with van der Waals surface area (Å²) in [5, 5.41) is 9.98. The molecule has 0 aromatic heterocycles. The van der Waals surface area contributed by atoms with Gasteiger partial charge in [0.1, 0.15) is 0 Å². The first kappa shape index (κ1) is 14.6. The molecule has 0 unspecified atom stereocenters. The minimum absolute atomic E-state index is 0. The van der Waals surface area contributed by atoms with Gasteiger partial charge in [0, 0.05) is 5.97 Å². The molecule has 3 heteroatoms. The molecule has 0 spiro atoms. The number of aliphatic carboxylic acids is 1. The molecule has 0 heterocycles. The van der Waals surface area contributed by atoms with Crippen LogP contribution in [0.15, 0.2) is 0 Å². The Morgan fingerprint density at radius 2 is 1.58 bits per heavy atom. The van der Waals surface area contributed by atoms with E-state index in [4.69, 9.17) is 0 Å². The van der Waals surface area contributed by atoms with Crippen molar-refractivity contribution in [2.75, 3.05) is 0 Å². The standard InChI is InChI=1S/C9H18O2.Li/c1-2-3-4-5-6-7-8-9(10)11;/h2-8H2,1H3,(H,10,11);/q;+1/p-1.